The fraction of sp³-hybridized carbons (Fsp3) is 1.00. The van der Waals surface area contributed by atoms with Gasteiger partial charge in [0.05, 0.1) is 5.60 Å². The van der Waals surface area contributed by atoms with Crippen LogP contribution in [0.1, 0.15) is 25.7 Å². The SMILES string of the molecule is COC1(CCCN(C)C)CCNCC1. The van der Waals surface area contributed by atoms with E-state index in [0.717, 1.165) is 25.9 Å². The smallest absolute Gasteiger partial charge is 0.0703 e. The van der Waals surface area contributed by atoms with Crippen molar-refractivity contribution in [3.63, 3.8) is 0 Å². The van der Waals surface area contributed by atoms with Crippen LogP contribution < -0.4 is 5.32 Å². The Morgan fingerprint density at radius 3 is 2.43 bits per heavy atom. The summed E-state index contributed by atoms with van der Waals surface area (Å²) in [5.74, 6) is 0. The molecule has 3 nitrogen and oxygen atoms in total. The van der Waals surface area contributed by atoms with Crippen molar-refractivity contribution in [2.24, 2.45) is 0 Å². The average molecular weight is 200 g/mol. The Hall–Kier alpha value is -0.120. The quantitative estimate of drug-likeness (QED) is 0.719. The van der Waals surface area contributed by atoms with Gasteiger partial charge in [0.1, 0.15) is 0 Å². The van der Waals surface area contributed by atoms with Crippen LogP contribution in [0.15, 0.2) is 0 Å². The molecule has 0 amide bonds. The first kappa shape index (κ1) is 12.0. The second-order valence-corrected chi connectivity index (χ2v) is 4.54. The van der Waals surface area contributed by atoms with E-state index in [2.05, 4.69) is 24.3 Å². The molecular weight excluding hydrogens is 176 g/mol. The summed E-state index contributed by atoms with van der Waals surface area (Å²) in [5.41, 5.74) is 0.168. The van der Waals surface area contributed by atoms with Crippen LogP contribution in [0.4, 0.5) is 0 Å². The highest BCUT2D eigenvalue weighted by atomic mass is 16.5. The summed E-state index contributed by atoms with van der Waals surface area (Å²) in [6.45, 7) is 3.38. The van der Waals surface area contributed by atoms with Crippen molar-refractivity contribution >= 4 is 0 Å². The number of rotatable bonds is 5. The molecule has 0 aromatic carbocycles. The van der Waals surface area contributed by atoms with Crippen molar-refractivity contribution < 1.29 is 4.74 Å². The van der Waals surface area contributed by atoms with Crippen molar-refractivity contribution in [3.8, 4) is 0 Å². The van der Waals surface area contributed by atoms with Crippen molar-refractivity contribution in [2.75, 3.05) is 40.8 Å². The Morgan fingerprint density at radius 2 is 1.93 bits per heavy atom. The Bertz CT molecular complexity index is 153. The van der Waals surface area contributed by atoms with Crippen LogP contribution in [-0.4, -0.2) is 51.3 Å². The number of hydrogen-bond donors (Lipinski definition) is 1. The fourth-order valence-corrected chi connectivity index (χ4v) is 2.16. The van der Waals surface area contributed by atoms with Gasteiger partial charge in [-0.3, -0.25) is 0 Å². The molecule has 0 bridgehead atoms. The molecule has 1 fully saturated rings. The molecule has 0 spiro atoms. The van der Waals surface area contributed by atoms with Crippen molar-refractivity contribution in [3.05, 3.63) is 0 Å². The minimum atomic E-state index is 0.168. The van der Waals surface area contributed by atoms with E-state index in [1.54, 1.807) is 0 Å². The van der Waals surface area contributed by atoms with Gasteiger partial charge in [-0.15, -0.1) is 0 Å². The Labute approximate surface area is 87.8 Å². The summed E-state index contributed by atoms with van der Waals surface area (Å²) in [5, 5.41) is 3.38. The first-order valence-corrected chi connectivity index (χ1v) is 5.59. The lowest BCUT2D eigenvalue weighted by molar-refractivity contribution is -0.0424. The first-order chi connectivity index (χ1) is 6.68. The highest BCUT2D eigenvalue weighted by Gasteiger charge is 2.30. The van der Waals surface area contributed by atoms with Crippen LogP contribution in [0.2, 0.25) is 0 Å². The molecule has 14 heavy (non-hydrogen) atoms. The molecule has 0 radical (unpaired) electrons. The first-order valence-electron chi connectivity index (χ1n) is 5.59. The maximum Gasteiger partial charge on any atom is 0.0703 e. The van der Waals surface area contributed by atoms with Crippen LogP contribution >= 0.6 is 0 Å². The molecule has 1 N–H and O–H groups in total. The normalized spacial score (nSPS) is 21.4. The molecule has 0 aromatic rings. The highest BCUT2D eigenvalue weighted by Crippen LogP contribution is 2.27. The predicted octanol–water partition coefficient (Wildman–Crippen LogP) is 1.10. The van der Waals surface area contributed by atoms with Gasteiger partial charge in [0, 0.05) is 7.11 Å². The molecule has 0 aromatic heterocycles. The van der Waals surface area contributed by atoms with Gasteiger partial charge in [-0.2, -0.15) is 0 Å². The molecule has 0 unspecified atom stereocenters. The zero-order valence-electron chi connectivity index (χ0n) is 9.81. The number of nitrogens with one attached hydrogen (secondary N) is 1. The van der Waals surface area contributed by atoms with Crippen LogP contribution in [-0.2, 0) is 4.74 Å². The third-order valence-electron chi connectivity index (χ3n) is 3.19. The fourth-order valence-electron chi connectivity index (χ4n) is 2.16. The van der Waals surface area contributed by atoms with Gasteiger partial charge >= 0.3 is 0 Å². The second kappa shape index (κ2) is 5.69. The number of hydrogen-bond acceptors (Lipinski definition) is 3. The van der Waals surface area contributed by atoms with E-state index in [1.165, 1.54) is 19.4 Å². The van der Waals surface area contributed by atoms with Crippen LogP contribution in [0, 0.1) is 0 Å². The average Bonchev–Trinajstić information content (AvgIpc) is 2.19. The third kappa shape index (κ3) is 3.56. The number of methoxy groups -OCH3 is 1. The molecule has 1 saturated heterocycles. The summed E-state index contributed by atoms with van der Waals surface area (Å²) in [6.07, 6.45) is 4.76. The van der Waals surface area contributed by atoms with Gasteiger partial charge in [0.2, 0.25) is 0 Å². The van der Waals surface area contributed by atoms with E-state index in [4.69, 9.17) is 4.74 Å². The van der Waals surface area contributed by atoms with E-state index < -0.39 is 0 Å². The zero-order valence-corrected chi connectivity index (χ0v) is 9.81. The zero-order chi connectivity index (χ0) is 10.4. The van der Waals surface area contributed by atoms with Gasteiger partial charge in [-0.25, -0.2) is 0 Å². The lowest BCUT2D eigenvalue weighted by Gasteiger charge is -2.36. The van der Waals surface area contributed by atoms with E-state index in [1.807, 2.05) is 7.11 Å². The summed E-state index contributed by atoms with van der Waals surface area (Å²) in [4.78, 5) is 2.24. The summed E-state index contributed by atoms with van der Waals surface area (Å²) in [6, 6.07) is 0. The number of piperidine rings is 1. The number of nitrogens with zero attached hydrogens (tertiary/aromatic N) is 1. The summed E-state index contributed by atoms with van der Waals surface area (Å²) >= 11 is 0. The molecule has 0 atom stereocenters. The predicted molar refractivity (Wildman–Crippen MR) is 59.6 cm³/mol. The maximum atomic E-state index is 5.70. The molecule has 1 heterocycles. The van der Waals surface area contributed by atoms with Gasteiger partial charge in [-0.05, 0) is 59.4 Å². The Balaban J connectivity index is 2.29. The lowest BCUT2D eigenvalue weighted by atomic mass is 9.87. The second-order valence-electron chi connectivity index (χ2n) is 4.54. The van der Waals surface area contributed by atoms with Crippen molar-refractivity contribution in [2.45, 2.75) is 31.3 Å². The van der Waals surface area contributed by atoms with Gasteiger partial charge in [-0.1, -0.05) is 0 Å². The molecule has 0 saturated carbocycles. The Kier molecular flexibility index (Phi) is 4.85. The third-order valence-corrected chi connectivity index (χ3v) is 3.19. The Morgan fingerprint density at radius 1 is 1.29 bits per heavy atom. The molecule has 1 aliphatic rings. The standard InChI is InChI=1S/C11H24N2O/c1-13(2)10-4-5-11(14-3)6-8-12-9-7-11/h12H,4-10H2,1-3H3. The maximum absolute atomic E-state index is 5.70. The largest absolute Gasteiger partial charge is 0.378 e. The summed E-state index contributed by atoms with van der Waals surface area (Å²) < 4.78 is 5.70. The van der Waals surface area contributed by atoms with Crippen LogP contribution in [0.5, 0.6) is 0 Å². The van der Waals surface area contributed by atoms with E-state index in [-0.39, 0.29) is 5.60 Å². The van der Waals surface area contributed by atoms with Gasteiger partial charge in [0.25, 0.3) is 0 Å². The van der Waals surface area contributed by atoms with Gasteiger partial charge < -0.3 is 15.0 Å². The monoisotopic (exact) mass is 200 g/mol. The molecular formula is C11H24N2O. The van der Waals surface area contributed by atoms with E-state index in [9.17, 15) is 0 Å². The molecule has 3 heteroatoms. The molecule has 1 aliphatic heterocycles. The summed E-state index contributed by atoms with van der Waals surface area (Å²) in [7, 11) is 6.12. The minimum absolute atomic E-state index is 0.168. The topological polar surface area (TPSA) is 24.5 Å². The van der Waals surface area contributed by atoms with Crippen molar-refractivity contribution in [1.29, 1.82) is 0 Å². The molecule has 1 rings (SSSR count). The van der Waals surface area contributed by atoms with E-state index >= 15 is 0 Å². The van der Waals surface area contributed by atoms with Gasteiger partial charge in [0.15, 0.2) is 0 Å². The van der Waals surface area contributed by atoms with Crippen LogP contribution in [0.25, 0.3) is 0 Å². The number of ether oxygens (including phenoxy) is 1. The molecule has 84 valence electrons. The lowest BCUT2D eigenvalue weighted by Crippen LogP contribution is -2.43. The van der Waals surface area contributed by atoms with E-state index in [0.29, 0.717) is 0 Å². The highest BCUT2D eigenvalue weighted by molar-refractivity contribution is 4.85. The molecule has 0 aliphatic carbocycles. The van der Waals surface area contributed by atoms with Crippen molar-refractivity contribution in [1.82, 2.24) is 10.2 Å². The van der Waals surface area contributed by atoms with Crippen LogP contribution in [0.3, 0.4) is 0 Å². The minimum Gasteiger partial charge on any atom is -0.378 e.